The molecular formula is C18H23N5O. The number of methoxy groups -OCH3 is 1. The number of nitrogens with zero attached hydrogens (tertiary/aromatic N) is 4. The van der Waals surface area contributed by atoms with Crippen LogP contribution >= 0.6 is 0 Å². The van der Waals surface area contributed by atoms with Gasteiger partial charge in [-0.05, 0) is 36.1 Å². The van der Waals surface area contributed by atoms with Crippen molar-refractivity contribution >= 4 is 11.7 Å². The van der Waals surface area contributed by atoms with Crippen LogP contribution in [0.15, 0.2) is 36.5 Å². The number of hydrogen-bond acceptors (Lipinski definition) is 5. The number of benzene rings is 1. The van der Waals surface area contributed by atoms with Crippen LogP contribution in [0.25, 0.3) is 5.78 Å². The Hall–Kier alpha value is -2.63. The molecule has 0 aliphatic carbocycles. The molecule has 0 saturated carbocycles. The van der Waals surface area contributed by atoms with Crippen LogP contribution in [0.2, 0.25) is 0 Å². The number of anilines is 1. The summed E-state index contributed by atoms with van der Waals surface area (Å²) in [5.74, 6) is 2.69. The lowest BCUT2D eigenvalue weighted by Gasteiger charge is -2.06. The summed E-state index contributed by atoms with van der Waals surface area (Å²) in [5, 5.41) is 7.64. The van der Waals surface area contributed by atoms with E-state index in [1.54, 1.807) is 11.6 Å². The summed E-state index contributed by atoms with van der Waals surface area (Å²) >= 11 is 0. The van der Waals surface area contributed by atoms with Crippen LogP contribution in [0, 0.1) is 5.92 Å². The molecule has 126 valence electrons. The van der Waals surface area contributed by atoms with E-state index in [2.05, 4.69) is 34.2 Å². The molecule has 1 aromatic carbocycles. The topological polar surface area (TPSA) is 64.3 Å². The van der Waals surface area contributed by atoms with Crippen molar-refractivity contribution < 1.29 is 4.74 Å². The van der Waals surface area contributed by atoms with Crippen LogP contribution in [0.1, 0.15) is 31.5 Å². The Bertz CT molecular complexity index is 797. The zero-order valence-corrected chi connectivity index (χ0v) is 14.4. The molecule has 6 heteroatoms. The maximum atomic E-state index is 5.16. The van der Waals surface area contributed by atoms with Gasteiger partial charge in [0.2, 0.25) is 5.95 Å². The summed E-state index contributed by atoms with van der Waals surface area (Å²) in [6.07, 6.45) is 4.04. The fraction of sp³-hybridized carbons (Fsp3) is 0.389. The highest BCUT2D eigenvalue weighted by Crippen LogP contribution is 2.13. The lowest BCUT2D eigenvalue weighted by atomic mass is 10.0. The molecule has 2 aromatic heterocycles. The van der Waals surface area contributed by atoms with Gasteiger partial charge in [0.15, 0.2) is 0 Å². The molecule has 0 aliphatic rings. The van der Waals surface area contributed by atoms with Gasteiger partial charge in [-0.15, -0.1) is 5.10 Å². The molecular weight excluding hydrogens is 302 g/mol. The van der Waals surface area contributed by atoms with Crippen molar-refractivity contribution in [2.75, 3.05) is 12.4 Å². The summed E-state index contributed by atoms with van der Waals surface area (Å²) < 4.78 is 6.87. The lowest BCUT2D eigenvalue weighted by Crippen LogP contribution is -2.02. The molecule has 0 aliphatic heterocycles. The third kappa shape index (κ3) is 3.82. The fourth-order valence-corrected chi connectivity index (χ4v) is 2.43. The molecule has 0 amide bonds. The summed E-state index contributed by atoms with van der Waals surface area (Å²) in [5.41, 5.74) is 2.20. The molecule has 6 nitrogen and oxygen atoms in total. The van der Waals surface area contributed by atoms with Gasteiger partial charge in [-0.1, -0.05) is 32.4 Å². The second-order valence-corrected chi connectivity index (χ2v) is 6.02. The Labute approximate surface area is 141 Å². The zero-order chi connectivity index (χ0) is 16.9. The van der Waals surface area contributed by atoms with Crippen LogP contribution in [0.4, 0.5) is 5.95 Å². The Morgan fingerprint density at radius 1 is 1.17 bits per heavy atom. The Balaban J connectivity index is 1.68. The maximum Gasteiger partial charge on any atom is 0.254 e. The van der Waals surface area contributed by atoms with Crippen LogP contribution < -0.4 is 10.1 Å². The van der Waals surface area contributed by atoms with Gasteiger partial charge in [0.1, 0.15) is 5.75 Å². The van der Waals surface area contributed by atoms with Crippen molar-refractivity contribution in [2.45, 2.75) is 33.2 Å². The van der Waals surface area contributed by atoms with Gasteiger partial charge in [-0.2, -0.15) is 4.98 Å². The van der Waals surface area contributed by atoms with Crippen molar-refractivity contribution in [2.24, 2.45) is 5.92 Å². The molecule has 0 fully saturated rings. The first-order valence-corrected chi connectivity index (χ1v) is 8.27. The molecule has 0 spiro atoms. The summed E-state index contributed by atoms with van der Waals surface area (Å²) in [6.45, 7) is 5.08. The molecule has 3 rings (SSSR count). The molecule has 2 heterocycles. The minimum atomic E-state index is 0.582. The predicted molar refractivity (Wildman–Crippen MR) is 94.3 cm³/mol. The van der Waals surface area contributed by atoms with Crippen LogP contribution in [-0.2, 0) is 13.0 Å². The van der Waals surface area contributed by atoms with E-state index in [-0.39, 0.29) is 0 Å². The predicted octanol–water partition coefficient (Wildman–Crippen LogP) is 3.33. The average Bonchev–Trinajstić information content (AvgIpc) is 3.02. The van der Waals surface area contributed by atoms with Gasteiger partial charge in [-0.25, -0.2) is 9.50 Å². The lowest BCUT2D eigenvalue weighted by molar-refractivity contribution is 0.414. The van der Waals surface area contributed by atoms with Crippen LogP contribution in [0.5, 0.6) is 5.75 Å². The summed E-state index contributed by atoms with van der Waals surface area (Å²) in [4.78, 5) is 9.05. The Morgan fingerprint density at radius 3 is 2.67 bits per heavy atom. The number of nitrogens with one attached hydrogen (secondary N) is 1. The first-order chi connectivity index (χ1) is 11.7. The highest BCUT2D eigenvalue weighted by Gasteiger charge is 2.08. The van der Waals surface area contributed by atoms with E-state index in [0.717, 1.165) is 29.8 Å². The van der Waals surface area contributed by atoms with Gasteiger partial charge < -0.3 is 10.1 Å². The van der Waals surface area contributed by atoms with Gasteiger partial charge >= 0.3 is 0 Å². The van der Waals surface area contributed by atoms with E-state index in [1.165, 1.54) is 0 Å². The number of fused-ring (bicyclic) bond motifs is 1. The minimum absolute atomic E-state index is 0.582. The van der Waals surface area contributed by atoms with Gasteiger partial charge in [0, 0.05) is 18.4 Å². The molecule has 24 heavy (non-hydrogen) atoms. The second-order valence-electron chi connectivity index (χ2n) is 6.02. The van der Waals surface area contributed by atoms with Gasteiger partial charge in [0.25, 0.3) is 5.78 Å². The van der Waals surface area contributed by atoms with Crippen molar-refractivity contribution in [3.8, 4) is 5.75 Å². The highest BCUT2D eigenvalue weighted by atomic mass is 16.5. The summed E-state index contributed by atoms with van der Waals surface area (Å²) in [7, 11) is 1.66. The number of rotatable bonds is 7. The Kier molecular flexibility index (Phi) is 4.93. The van der Waals surface area contributed by atoms with Gasteiger partial charge in [-0.3, -0.25) is 0 Å². The third-order valence-corrected chi connectivity index (χ3v) is 4.13. The van der Waals surface area contributed by atoms with Crippen molar-refractivity contribution in [1.29, 1.82) is 0 Å². The van der Waals surface area contributed by atoms with Crippen LogP contribution in [0.3, 0.4) is 0 Å². The first kappa shape index (κ1) is 16.2. The number of aromatic nitrogens is 4. The monoisotopic (exact) mass is 325 g/mol. The van der Waals surface area contributed by atoms with Gasteiger partial charge in [0.05, 0.1) is 7.11 Å². The van der Waals surface area contributed by atoms with Crippen LogP contribution in [-0.4, -0.2) is 26.7 Å². The maximum absolute atomic E-state index is 5.16. The quantitative estimate of drug-likeness (QED) is 0.722. The largest absolute Gasteiger partial charge is 0.497 e. The van der Waals surface area contributed by atoms with Crippen molar-refractivity contribution in [3.63, 3.8) is 0 Å². The molecule has 1 N–H and O–H groups in total. The highest BCUT2D eigenvalue weighted by molar-refractivity contribution is 5.38. The SMILES string of the molecule is CCC(C)Cc1ccn2nc(NCc3ccc(OC)cc3)nc2n1. The fourth-order valence-electron chi connectivity index (χ4n) is 2.43. The second kappa shape index (κ2) is 7.29. The molecule has 1 unspecified atom stereocenters. The first-order valence-electron chi connectivity index (χ1n) is 8.27. The number of hydrogen-bond donors (Lipinski definition) is 1. The standard InChI is InChI=1S/C18H23N5O/c1-4-13(2)11-15-9-10-23-18(20-15)21-17(22-23)19-12-14-5-7-16(24-3)8-6-14/h5-10,13H,4,11-12H2,1-3H3,(H,19,22). The molecule has 3 aromatic rings. The van der Waals surface area contributed by atoms with E-state index in [4.69, 9.17) is 4.74 Å². The molecule has 0 saturated heterocycles. The van der Waals surface area contributed by atoms with Crippen molar-refractivity contribution in [3.05, 3.63) is 47.8 Å². The van der Waals surface area contributed by atoms with E-state index in [0.29, 0.717) is 24.2 Å². The Morgan fingerprint density at radius 2 is 1.96 bits per heavy atom. The van der Waals surface area contributed by atoms with E-state index in [1.807, 2.05) is 36.5 Å². The normalized spacial score (nSPS) is 12.3. The average molecular weight is 325 g/mol. The smallest absolute Gasteiger partial charge is 0.254 e. The summed E-state index contributed by atoms with van der Waals surface area (Å²) in [6, 6.07) is 9.93. The van der Waals surface area contributed by atoms with Crippen molar-refractivity contribution in [1.82, 2.24) is 19.6 Å². The zero-order valence-electron chi connectivity index (χ0n) is 14.4. The molecule has 0 bridgehead atoms. The van der Waals surface area contributed by atoms with E-state index in [9.17, 15) is 0 Å². The number of ether oxygens (including phenoxy) is 1. The molecule has 1 atom stereocenters. The third-order valence-electron chi connectivity index (χ3n) is 4.13. The minimum Gasteiger partial charge on any atom is -0.497 e. The molecule has 0 radical (unpaired) electrons. The van der Waals surface area contributed by atoms with E-state index < -0.39 is 0 Å². The van der Waals surface area contributed by atoms with E-state index >= 15 is 0 Å².